The number of methoxy groups -OCH3 is 2. The molecular weight excluding hydrogens is 380 g/mol. The Morgan fingerprint density at radius 1 is 0.966 bits per heavy atom. The normalized spacial score (nSPS) is 18.9. The largest absolute Gasteiger partial charge is 0.493 e. The van der Waals surface area contributed by atoms with Crippen LogP contribution in [-0.2, 0) is 11.3 Å². The van der Waals surface area contributed by atoms with Crippen LogP contribution in [0.4, 0.5) is 14.5 Å². The van der Waals surface area contributed by atoms with Crippen LogP contribution in [0.25, 0.3) is 0 Å². The number of carbonyl (C=O) groups is 1. The molecule has 0 radical (unpaired) electrons. The zero-order valence-electron chi connectivity index (χ0n) is 16.7. The molecule has 2 aromatic carbocycles. The summed E-state index contributed by atoms with van der Waals surface area (Å²) in [4.78, 5) is 14.8. The molecule has 0 bridgehead atoms. The first-order chi connectivity index (χ1) is 14.0. The average Bonchev–Trinajstić information content (AvgIpc) is 2.72. The molecule has 3 rings (SSSR count). The maximum absolute atomic E-state index is 13.7. The fourth-order valence-corrected chi connectivity index (χ4v) is 3.60. The van der Waals surface area contributed by atoms with Crippen molar-refractivity contribution < 1.29 is 32.8 Å². The number of anilines is 1. The Morgan fingerprint density at radius 3 is 2.34 bits per heavy atom. The van der Waals surface area contributed by atoms with E-state index < -0.39 is 11.6 Å². The zero-order valence-corrected chi connectivity index (χ0v) is 16.7. The SMILES string of the molecule is COc1ccc(C[NH+]2CC[NH+](CC(=O)Nc3cc(F)ccc3F)CC2)cc1OC. The summed E-state index contributed by atoms with van der Waals surface area (Å²) in [7, 11) is 3.24. The van der Waals surface area contributed by atoms with Crippen LogP contribution in [-0.4, -0.2) is 52.9 Å². The van der Waals surface area contributed by atoms with Crippen LogP contribution in [0.3, 0.4) is 0 Å². The molecule has 29 heavy (non-hydrogen) atoms. The van der Waals surface area contributed by atoms with Gasteiger partial charge < -0.3 is 24.6 Å². The minimum atomic E-state index is -0.640. The van der Waals surface area contributed by atoms with Crippen molar-refractivity contribution in [2.24, 2.45) is 0 Å². The molecule has 1 amide bonds. The summed E-state index contributed by atoms with van der Waals surface area (Å²) in [5.74, 6) is -0.107. The lowest BCUT2D eigenvalue weighted by molar-refractivity contribution is -1.02. The number of hydrogen-bond acceptors (Lipinski definition) is 3. The van der Waals surface area contributed by atoms with Gasteiger partial charge in [0.1, 0.15) is 44.4 Å². The van der Waals surface area contributed by atoms with Crippen LogP contribution < -0.4 is 24.6 Å². The summed E-state index contributed by atoms with van der Waals surface area (Å²) in [6, 6.07) is 8.96. The molecule has 0 saturated carbocycles. The highest BCUT2D eigenvalue weighted by Gasteiger charge is 2.25. The van der Waals surface area contributed by atoms with Crippen molar-refractivity contribution in [3.05, 3.63) is 53.6 Å². The standard InChI is InChI=1S/C21H25F2N3O3/c1-28-19-6-3-15(11-20(19)29-2)13-25-7-9-26(10-8-25)14-21(27)24-18-12-16(22)4-5-17(18)23/h3-6,11-12H,7-10,13-14H2,1-2H3,(H,24,27)/p+2. The van der Waals surface area contributed by atoms with Crippen molar-refractivity contribution in [2.45, 2.75) is 6.54 Å². The minimum Gasteiger partial charge on any atom is -0.493 e. The van der Waals surface area contributed by atoms with E-state index in [9.17, 15) is 13.6 Å². The van der Waals surface area contributed by atoms with E-state index in [1.807, 2.05) is 18.2 Å². The van der Waals surface area contributed by atoms with Gasteiger partial charge in [-0.05, 0) is 30.3 Å². The van der Waals surface area contributed by atoms with Crippen molar-refractivity contribution in [3.63, 3.8) is 0 Å². The number of carbonyl (C=O) groups excluding carboxylic acids is 1. The molecule has 1 heterocycles. The molecule has 0 atom stereocenters. The van der Waals surface area contributed by atoms with Gasteiger partial charge in [0, 0.05) is 11.6 Å². The van der Waals surface area contributed by atoms with Crippen LogP contribution in [0.15, 0.2) is 36.4 Å². The third kappa shape index (κ3) is 5.65. The maximum atomic E-state index is 13.7. The van der Waals surface area contributed by atoms with Crippen molar-refractivity contribution in [1.82, 2.24) is 0 Å². The lowest BCUT2D eigenvalue weighted by atomic mass is 10.1. The molecule has 1 aliphatic heterocycles. The first-order valence-electron chi connectivity index (χ1n) is 9.61. The summed E-state index contributed by atoms with van der Waals surface area (Å²) < 4.78 is 37.5. The predicted octanol–water partition coefficient (Wildman–Crippen LogP) is -0.0959. The first-order valence-corrected chi connectivity index (χ1v) is 9.61. The van der Waals surface area contributed by atoms with Crippen LogP contribution in [0.1, 0.15) is 5.56 Å². The summed E-state index contributed by atoms with van der Waals surface area (Å²) in [6.45, 7) is 4.62. The van der Waals surface area contributed by atoms with E-state index in [1.54, 1.807) is 14.2 Å². The lowest BCUT2D eigenvalue weighted by Gasteiger charge is -2.29. The third-order valence-corrected chi connectivity index (χ3v) is 5.18. The van der Waals surface area contributed by atoms with Gasteiger partial charge in [0.25, 0.3) is 5.91 Å². The maximum Gasteiger partial charge on any atom is 0.279 e. The number of quaternary nitrogens is 2. The number of halogens is 2. The number of benzene rings is 2. The highest BCUT2D eigenvalue weighted by molar-refractivity contribution is 5.91. The third-order valence-electron chi connectivity index (χ3n) is 5.18. The first kappa shape index (κ1) is 21.0. The van der Waals surface area contributed by atoms with E-state index in [0.717, 1.165) is 61.6 Å². The van der Waals surface area contributed by atoms with E-state index >= 15 is 0 Å². The Hall–Kier alpha value is -2.71. The van der Waals surface area contributed by atoms with Gasteiger partial charge in [-0.1, -0.05) is 0 Å². The van der Waals surface area contributed by atoms with E-state index in [-0.39, 0.29) is 18.1 Å². The molecule has 2 aromatic rings. The fourth-order valence-electron chi connectivity index (χ4n) is 3.60. The average molecular weight is 407 g/mol. The Morgan fingerprint density at radius 2 is 1.66 bits per heavy atom. The lowest BCUT2D eigenvalue weighted by Crippen LogP contribution is -3.28. The van der Waals surface area contributed by atoms with E-state index in [2.05, 4.69) is 5.32 Å². The Kier molecular flexibility index (Phi) is 7.00. The second-order valence-corrected chi connectivity index (χ2v) is 7.22. The number of rotatable bonds is 7. The van der Waals surface area contributed by atoms with Gasteiger partial charge in [-0.3, -0.25) is 4.79 Å². The highest BCUT2D eigenvalue weighted by atomic mass is 19.1. The topological polar surface area (TPSA) is 56.4 Å². The van der Waals surface area contributed by atoms with Crippen molar-refractivity contribution in [2.75, 3.05) is 52.3 Å². The summed E-state index contributed by atoms with van der Waals surface area (Å²) in [5.41, 5.74) is 1.05. The van der Waals surface area contributed by atoms with Gasteiger partial charge in [0.2, 0.25) is 0 Å². The number of amides is 1. The van der Waals surface area contributed by atoms with Crippen LogP contribution in [0, 0.1) is 11.6 Å². The fraction of sp³-hybridized carbons (Fsp3) is 0.381. The Labute approximate surface area is 169 Å². The van der Waals surface area contributed by atoms with Gasteiger partial charge >= 0.3 is 0 Å². The molecule has 1 fully saturated rings. The minimum absolute atomic E-state index is 0.118. The van der Waals surface area contributed by atoms with Crippen molar-refractivity contribution >= 4 is 11.6 Å². The number of nitrogens with one attached hydrogen (secondary N) is 3. The number of hydrogen-bond donors (Lipinski definition) is 3. The van der Waals surface area contributed by atoms with E-state index in [0.29, 0.717) is 5.75 Å². The van der Waals surface area contributed by atoms with E-state index in [1.165, 1.54) is 10.5 Å². The molecule has 1 aliphatic rings. The second kappa shape index (κ2) is 9.67. The van der Waals surface area contributed by atoms with Crippen LogP contribution in [0.2, 0.25) is 0 Å². The molecule has 0 spiro atoms. The summed E-state index contributed by atoms with van der Waals surface area (Å²) in [5, 5.41) is 2.47. The number of ether oxygens (including phenoxy) is 2. The number of piperazine rings is 1. The van der Waals surface area contributed by atoms with Gasteiger partial charge in [0.15, 0.2) is 18.0 Å². The molecule has 0 aromatic heterocycles. The second-order valence-electron chi connectivity index (χ2n) is 7.22. The van der Waals surface area contributed by atoms with Crippen molar-refractivity contribution in [1.29, 1.82) is 0 Å². The van der Waals surface area contributed by atoms with Gasteiger partial charge in [-0.15, -0.1) is 0 Å². The smallest absolute Gasteiger partial charge is 0.279 e. The monoisotopic (exact) mass is 407 g/mol. The van der Waals surface area contributed by atoms with Gasteiger partial charge in [0.05, 0.1) is 19.9 Å². The molecule has 1 saturated heterocycles. The van der Waals surface area contributed by atoms with E-state index in [4.69, 9.17) is 9.47 Å². The molecule has 156 valence electrons. The molecule has 3 N–H and O–H groups in total. The molecular formula is C21H27F2N3O3+2. The van der Waals surface area contributed by atoms with Gasteiger partial charge in [-0.25, -0.2) is 8.78 Å². The Balaban J connectivity index is 1.48. The summed E-state index contributed by atoms with van der Waals surface area (Å²) in [6.07, 6.45) is 0. The highest BCUT2D eigenvalue weighted by Crippen LogP contribution is 2.27. The van der Waals surface area contributed by atoms with Crippen molar-refractivity contribution in [3.8, 4) is 11.5 Å². The van der Waals surface area contributed by atoms with Crippen LogP contribution >= 0.6 is 0 Å². The zero-order chi connectivity index (χ0) is 20.8. The summed E-state index contributed by atoms with van der Waals surface area (Å²) >= 11 is 0. The Bertz CT molecular complexity index is 855. The predicted molar refractivity (Wildman–Crippen MR) is 104 cm³/mol. The molecule has 0 unspecified atom stereocenters. The van der Waals surface area contributed by atoms with Gasteiger partial charge in [-0.2, -0.15) is 0 Å². The van der Waals surface area contributed by atoms with Crippen LogP contribution in [0.5, 0.6) is 11.5 Å². The molecule has 0 aliphatic carbocycles. The molecule has 6 nitrogen and oxygen atoms in total. The molecule has 8 heteroatoms. The quantitative estimate of drug-likeness (QED) is 0.601.